The number of hydrogen-bond acceptors (Lipinski definition) is 4. The van der Waals surface area contributed by atoms with E-state index in [1.165, 1.54) is 0 Å². The van der Waals surface area contributed by atoms with Gasteiger partial charge in [0.25, 0.3) is 0 Å². The summed E-state index contributed by atoms with van der Waals surface area (Å²) in [6, 6.07) is 7.76. The van der Waals surface area contributed by atoms with Gasteiger partial charge in [0.05, 0.1) is 19.6 Å². The van der Waals surface area contributed by atoms with E-state index >= 15 is 0 Å². The number of methoxy groups -OCH3 is 1. The fraction of sp³-hybridized carbons (Fsp3) is 0.467. The molecule has 1 aromatic carbocycles. The lowest BCUT2D eigenvalue weighted by atomic mass is 10.2. The SMILES string of the molecule is COCCNCC(=O)NCCN1C(=O)Cc2ccccc21.Cl. The lowest BCUT2D eigenvalue weighted by Crippen LogP contribution is -2.40. The Bertz CT molecular complexity index is 511. The van der Waals surface area contributed by atoms with Gasteiger partial charge in [-0.1, -0.05) is 18.2 Å². The van der Waals surface area contributed by atoms with E-state index in [9.17, 15) is 9.59 Å². The van der Waals surface area contributed by atoms with Crippen LogP contribution in [0.25, 0.3) is 0 Å². The van der Waals surface area contributed by atoms with Crippen molar-refractivity contribution < 1.29 is 14.3 Å². The highest BCUT2D eigenvalue weighted by atomic mass is 35.5. The first-order valence-electron chi connectivity index (χ1n) is 7.07. The number of para-hydroxylation sites is 1. The summed E-state index contributed by atoms with van der Waals surface area (Å²) < 4.78 is 4.88. The quantitative estimate of drug-likeness (QED) is 0.676. The number of nitrogens with zero attached hydrogens (tertiary/aromatic N) is 1. The van der Waals surface area contributed by atoms with Gasteiger partial charge in [-0.25, -0.2) is 0 Å². The maximum atomic E-state index is 11.9. The monoisotopic (exact) mass is 327 g/mol. The van der Waals surface area contributed by atoms with Crippen molar-refractivity contribution in [1.82, 2.24) is 10.6 Å². The van der Waals surface area contributed by atoms with Crippen LogP contribution in [-0.2, 0) is 20.7 Å². The molecular weight excluding hydrogens is 306 g/mol. The predicted molar refractivity (Wildman–Crippen MR) is 87.5 cm³/mol. The molecule has 22 heavy (non-hydrogen) atoms. The Hall–Kier alpha value is -1.63. The van der Waals surface area contributed by atoms with Gasteiger partial charge in [0.1, 0.15) is 0 Å². The summed E-state index contributed by atoms with van der Waals surface area (Å²) in [6.45, 7) is 2.42. The minimum absolute atomic E-state index is 0. The molecule has 1 aliphatic rings. The zero-order valence-electron chi connectivity index (χ0n) is 12.6. The van der Waals surface area contributed by atoms with Gasteiger partial charge in [-0.05, 0) is 11.6 Å². The molecule has 7 heteroatoms. The van der Waals surface area contributed by atoms with Gasteiger partial charge < -0.3 is 20.3 Å². The van der Waals surface area contributed by atoms with Crippen LogP contribution in [0.5, 0.6) is 0 Å². The van der Waals surface area contributed by atoms with Crippen molar-refractivity contribution in [2.75, 3.05) is 44.8 Å². The maximum absolute atomic E-state index is 11.9. The second-order valence-electron chi connectivity index (χ2n) is 4.87. The number of benzene rings is 1. The van der Waals surface area contributed by atoms with Crippen LogP contribution in [0, 0.1) is 0 Å². The Morgan fingerprint density at radius 1 is 1.32 bits per heavy atom. The highest BCUT2D eigenvalue weighted by molar-refractivity contribution is 6.01. The van der Waals surface area contributed by atoms with Gasteiger partial charge in [-0.3, -0.25) is 9.59 Å². The molecule has 2 N–H and O–H groups in total. The van der Waals surface area contributed by atoms with Crippen LogP contribution in [0.1, 0.15) is 5.56 Å². The predicted octanol–water partition coefficient (Wildman–Crippen LogP) is 0.350. The van der Waals surface area contributed by atoms with E-state index in [-0.39, 0.29) is 30.8 Å². The number of amides is 2. The average molecular weight is 328 g/mol. The van der Waals surface area contributed by atoms with Crippen molar-refractivity contribution in [3.8, 4) is 0 Å². The highest BCUT2D eigenvalue weighted by Crippen LogP contribution is 2.27. The summed E-state index contributed by atoms with van der Waals surface area (Å²) in [5, 5.41) is 5.77. The molecule has 1 aliphatic heterocycles. The van der Waals surface area contributed by atoms with Crippen molar-refractivity contribution in [1.29, 1.82) is 0 Å². The normalized spacial score (nSPS) is 12.8. The zero-order valence-corrected chi connectivity index (χ0v) is 13.4. The van der Waals surface area contributed by atoms with E-state index in [4.69, 9.17) is 4.74 Å². The number of fused-ring (bicyclic) bond motifs is 1. The molecule has 2 rings (SSSR count). The second kappa shape index (κ2) is 9.40. The van der Waals surface area contributed by atoms with Crippen molar-refractivity contribution >= 4 is 29.9 Å². The van der Waals surface area contributed by atoms with Crippen molar-refractivity contribution in [3.05, 3.63) is 29.8 Å². The van der Waals surface area contributed by atoms with E-state index in [0.717, 1.165) is 11.3 Å². The number of anilines is 1. The first kappa shape index (κ1) is 18.4. The minimum Gasteiger partial charge on any atom is -0.383 e. The van der Waals surface area contributed by atoms with Gasteiger partial charge in [0.2, 0.25) is 11.8 Å². The third kappa shape index (κ3) is 4.98. The van der Waals surface area contributed by atoms with Crippen LogP contribution in [0.2, 0.25) is 0 Å². The Balaban J connectivity index is 0.00000242. The van der Waals surface area contributed by atoms with E-state index in [0.29, 0.717) is 32.7 Å². The second-order valence-corrected chi connectivity index (χ2v) is 4.87. The van der Waals surface area contributed by atoms with Crippen LogP contribution in [0.4, 0.5) is 5.69 Å². The molecule has 2 amide bonds. The number of carbonyl (C=O) groups excluding carboxylic acids is 2. The Kier molecular flexibility index (Phi) is 7.87. The molecular formula is C15H22ClN3O3. The van der Waals surface area contributed by atoms with Gasteiger partial charge >= 0.3 is 0 Å². The highest BCUT2D eigenvalue weighted by Gasteiger charge is 2.26. The standard InChI is InChI=1S/C15H21N3O3.ClH/c1-21-9-7-16-11-14(19)17-6-8-18-13-5-3-2-4-12(13)10-15(18)20;/h2-5,16H,6-11H2,1H3,(H,17,19);1H. The van der Waals surface area contributed by atoms with E-state index in [2.05, 4.69) is 10.6 Å². The summed E-state index contributed by atoms with van der Waals surface area (Å²) in [5.74, 6) is 0.00898. The summed E-state index contributed by atoms with van der Waals surface area (Å²) in [6.07, 6.45) is 0.447. The molecule has 1 heterocycles. The summed E-state index contributed by atoms with van der Waals surface area (Å²) >= 11 is 0. The van der Waals surface area contributed by atoms with Crippen molar-refractivity contribution in [3.63, 3.8) is 0 Å². The number of ether oxygens (including phenoxy) is 1. The molecule has 0 aromatic heterocycles. The topological polar surface area (TPSA) is 70.7 Å². The molecule has 122 valence electrons. The van der Waals surface area contributed by atoms with Crippen LogP contribution in [-0.4, -0.2) is 51.7 Å². The Morgan fingerprint density at radius 2 is 2.09 bits per heavy atom. The lowest BCUT2D eigenvalue weighted by Gasteiger charge is -2.17. The molecule has 0 saturated heterocycles. The molecule has 0 radical (unpaired) electrons. The third-order valence-corrected chi connectivity index (χ3v) is 3.35. The smallest absolute Gasteiger partial charge is 0.234 e. The summed E-state index contributed by atoms with van der Waals surface area (Å²) in [5.41, 5.74) is 2.00. The maximum Gasteiger partial charge on any atom is 0.234 e. The molecule has 0 fully saturated rings. The molecule has 6 nitrogen and oxygen atoms in total. The number of carbonyl (C=O) groups is 2. The third-order valence-electron chi connectivity index (χ3n) is 3.35. The van der Waals surface area contributed by atoms with E-state index in [1.807, 2.05) is 24.3 Å². The molecule has 1 aromatic rings. The molecule has 0 aliphatic carbocycles. The van der Waals surface area contributed by atoms with Gasteiger partial charge in [-0.15, -0.1) is 12.4 Å². The molecule has 0 spiro atoms. The average Bonchev–Trinajstić information content (AvgIpc) is 2.80. The summed E-state index contributed by atoms with van der Waals surface area (Å²) in [4.78, 5) is 25.3. The fourth-order valence-corrected chi connectivity index (χ4v) is 2.31. The van der Waals surface area contributed by atoms with E-state index < -0.39 is 0 Å². The van der Waals surface area contributed by atoms with Gasteiger partial charge in [-0.2, -0.15) is 0 Å². The van der Waals surface area contributed by atoms with Crippen molar-refractivity contribution in [2.45, 2.75) is 6.42 Å². The lowest BCUT2D eigenvalue weighted by molar-refractivity contribution is -0.120. The van der Waals surface area contributed by atoms with Crippen LogP contribution in [0.3, 0.4) is 0 Å². The van der Waals surface area contributed by atoms with Gasteiger partial charge in [0.15, 0.2) is 0 Å². The zero-order chi connectivity index (χ0) is 15.1. The largest absolute Gasteiger partial charge is 0.383 e. The summed E-state index contributed by atoms with van der Waals surface area (Å²) in [7, 11) is 1.62. The Morgan fingerprint density at radius 3 is 2.86 bits per heavy atom. The first-order valence-corrected chi connectivity index (χ1v) is 7.07. The molecule has 0 atom stereocenters. The number of halogens is 1. The van der Waals surface area contributed by atoms with Crippen LogP contribution < -0.4 is 15.5 Å². The number of rotatable bonds is 8. The van der Waals surface area contributed by atoms with E-state index in [1.54, 1.807) is 12.0 Å². The number of nitrogens with one attached hydrogen (secondary N) is 2. The molecule has 0 bridgehead atoms. The fourth-order valence-electron chi connectivity index (χ4n) is 2.31. The van der Waals surface area contributed by atoms with Crippen molar-refractivity contribution in [2.24, 2.45) is 0 Å². The molecule has 0 unspecified atom stereocenters. The van der Waals surface area contributed by atoms with Crippen LogP contribution >= 0.6 is 12.4 Å². The Labute approximate surface area is 136 Å². The first-order chi connectivity index (χ1) is 10.2. The number of hydrogen-bond donors (Lipinski definition) is 2. The molecule has 0 saturated carbocycles. The minimum atomic E-state index is -0.0777. The van der Waals surface area contributed by atoms with Gasteiger partial charge in [0, 0.05) is 32.4 Å². The van der Waals surface area contributed by atoms with Crippen LogP contribution in [0.15, 0.2) is 24.3 Å².